The average molecular weight is 465 g/mol. The highest BCUT2D eigenvalue weighted by atomic mass is 19.4. The number of nitrogens with zero attached hydrogens (tertiary/aromatic N) is 5. The summed E-state index contributed by atoms with van der Waals surface area (Å²) < 4.78 is 40.1. The van der Waals surface area contributed by atoms with Crippen LogP contribution in [0.15, 0.2) is 48.5 Å². The maximum Gasteiger partial charge on any atom is 0.451 e. The van der Waals surface area contributed by atoms with E-state index in [9.17, 15) is 13.2 Å². The van der Waals surface area contributed by atoms with Gasteiger partial charge in [-0.25, -0.2) is 15.1 Å². The number of anilines is 1. The van der Waals surface area contributed by atoms with Gasteiger partial charge in [-0.3, -0.25) is 0 Å². The number of alkyl halides is 3. The third kappa shape index (κ3) is 4.48. The van der Waals surface area contributed by atoms with Crippen molar-refractivity contribution < 1.29 is 13.2 Å². The fourth-order valence-corrected chi connectivity index (χ4v) is 4.26. The molecule has 2 aromatic carbocycles. The Balaban J connectivity index is 1.38. The number of aromatic amines is 1. The van der Waals surface area contributed by atoms with Crippen molar-refractivity contribution in [3.63, 3.8) is 0 Å². The Morgan fingerprint density at radius 3 is 2.50 bits per heavy atom. The minimum Gasteiger partial charge on any atom is -0.366 e. The number of benzene rings is 2. The lowest BCUT2D eigenvalue weighted by atomic mass is 9.88. The lowest BCUT2D eigenvalue weighted by Gasteiger charge is -2.24. The molecule has 0 radical (unpaired) electrons. The van der Waals surface area contributed by atoms with Crippen LogP contribution in [0.3, 0.4) is 0 Å². The first kappa shape index (κ1) is 22.0. The Hall–Kier alpha value is -3.82. The summed E-state index contributed by atoms with van der Waals surface area (Å²) in [7, 11) is 0. The van der Waals surface area contributed by atoms with E-state index < -0.39 is 12.0 Å². The molecule has 0 aliphatic heterocycles. The molecule has 1 atom stereocenters. The van der Waals surface area contributed by atoms with Crippen LogP contribution in [-0.4, -0.2) is 30.6 Å². The van der Waals surface area contributed by atoms with Crippen LogP contribution in [0, 0.1) is 5.92 Å². The predicted octanol–water partition coefficient (Wildman–Crippen LogP) is 5.08. The van der Waals surface area contributed by atoms with E-state index in [1.807, 2.05) is 55.5 Å². The van der Waals surface area contributed by atoms with Crippen LogP contribution < -0.4 is 5.32 Å². The lowest BCUT2D eigenvalue weighted by Crippen LogP contribution is -2.22. The molecule has 1 aliphatic rings. The summed E-state index contributed by atoms with van der Waals surface area (Å²) >= 11 is 0. The van der Waals surface area contributed by atoms with E-state index in [-0.39, 0.29) is 5.82 Å². The Kier molecular flexibility index (Phi) is 5.72. The van der Waals surface area contributed by atoms with E-state index in [1.165, 1.54) is 0 Å². The van der Waals surface area contributed by atoms with Gasteiger partial charge in [0.1, 0.15) is 5.82 Å². The number of nitrogens with one attached hydrogen (secondary N) is 2. The third-order valence-corrected chi connectivity index (χ3v) is 6.03. The van der Waals surface area contributed by atoms with Gasteiger partial charge in [0.05, 0.1) is 5.69 Å². The maximum absolute atomic E-state index is 13.4. The van der Waals surface area contributed by atoms with Crippen molar-refractivity contribution in [2.75, 3.05) is 5.32 Å². The molecule has 4 aromatic rings. The zero-order valence-corrected chi connectivity index (χ0v) is 18.4. The van der Waals surface area contributed by atoms with Crippen molar-refractivity contribution in [2.45, 2.75) is 38.9 Å². The second-order valence-electron chi connectivity index (χ2n) is 8.51. The first-order chi connectivity index (χ1) is 16.4. The van der Waals surface area contributed by atoms with Crippen LogP contribution in [0.1, 0.15) is 36.0 Å². The largest absolute Gasteiger partial charge is 0.451 e. The SMILES string of the molecule is CC1CCc2c(nc(C(F)(F)F)nc2NCc2ccc(-c3ccccc3-c3nnn[nH]3)cc2)C1. The van der Waals surface area contributed by atoms with E-state index in [0.29, 0.717) is 36.8 Å². The molecular formula is C24H22F3N7. The van der Waals surface area contributed by atoms with Gasteiger partial charge < -0.3 is 5.32 Å². The molecule has 0 bridgehead atoms. The highest BCUT2D eigenvalue weighted by Crippen LogP contribution is 2.34. The summed E-state index contributed by atoms with van der Waals surface area (Å²) in [5, 5.41) is 17.2. The monoisotopic (exact) mass is 465 g/mol. The normalized spacial score (nSPS) is 15.7. The van der Waals surface area contributed by atoms with Crippen molar-refractivity contribution in [1.82, 2.24) is 30.6 Å². The Morgan fingerprint density at radius 2 is 1.79 bits per heavy atom. The summed E-state index contributed by atoms with van der Waals surface area (Å²) in [6, 6.07) is 15.6. The summed E-state index contributed by atoms with van der Waals surface area (Å²) in [5.74, 6) is 0.0670. The summed E-state index contributed by atoms with van der Waals surface area (Å²) in [6.07, 6.45) is -2.47. The van der Waals surface area contributed by atoms with Crippen molar-refractivity contribution in [2.24, 2.45) is 5.92 Å². The molecule has 0 fully saturated rings. The fourth-order valence-electron chi connectivity index (χ4n) is 4.26. The standard InChI is InChI=1S/C24H22F3N7/c1-14-6-11-19-20(12-14)29-23(24(25,26)27)30-21(19)28-13-15-7-9-16(10-8-15)17-4-2-3-5-18(17)22-31-33-34-32-22/h2-5,7-10,14H,6,11-13H2,1H3,(H,28,29,30)(H,31,32,33,34). The number of tetrazole rings is 1. The van der Waals surface area contributed by atoms with Gasteiger partial charge >= 0.3 is 6.18 Å². The number of H-pyrrole nitrogens is 1. The van der Waals surface area contributed by atoms with Crippen LogP contribution in [0.2, 0.25) is 0 Å². The number of hydrogen-bond donors (Lipinski definition) is 2. The van der Waals surface area contributed by atoms with Gasteiger partial charge in [-0.15, -0.1) is 5.10 Å². The van der Waals surface area contributed by atoms with Crippen molar-refractivity contribution in [3.05, 3.63) is 71.2 Å². The van der Waals surface area contributed by atoms with Crippen LogP contribution in [-0.2, 0) is 25.6 Å². The van der Waals surface area contributed by atoms with Crippen molar-refractivity contribution >= 4 is 5.82 Å². The Bertz CT molecular complexity index is 1290. The van der Waals surface area contributed by atoms with Gasteiger partial charge in [0.25, 0.3) is 0 Å². The van der Waals surface area contributed by atoms with Crippen LogP contribution in [0.4, 0.5) is 19.0 Å². The number of fused-ring (bicyclic) bond motifs is 1. The van der Waals surface area contributed by atoms with Gasteiger partial charge in [-0.05, 0) is 52.3 Å². The van der Waals surface area contributed by atoms with Crippen LogP contribution in [0.5, 0.6) is 0 Å². The van der Waals surface area contributed by atoms with Gasteiger partial charge in [0.15, 0.2) is 5.82 Å². The molecule has 7 nitrogen and oxygen atoms in total. The first-order valence-corrected chi connectivity index (χ1v) is 11.0. The van der Waals surface area contributed by atoms with E-state index in [0.717, 1.165) is 34.2 Å². The second-order valence-corrected chi connectivity index (χ2v) is 8.51. The summed E-state index contributed by atoms with van der Waals surface area (Å²) in [6.45, 7) is 2.38. The molecule has 34 heavy (non-hydrogen) atoms. The number of hydrogen-bond acceptors (Lipinski definition) is 6. The molecule has 2 heterocycles. The highest BCUT2D eigenvalue weighted by molar-refractivity contribution is 5.80. The highest BCUT2D eigenvalue weighted by Gasteiger charge is 2.37. The van der Waals surface area contributed by atoms with Gasteiger partial charge in [-0.1, -0.05) is 55.5 Å². The van der Waals surface area contributed by atoms with E-state index in [1.54, 1.807) is 0 Å². The topological polar surface area (TPSA) is 92.3 Å². The minimum atomic E-state index is -4.58. The molecular weight excluding hydrogens is 443 g/mol. The van der Waals surface area contributed by atoms with E-state index in [4.69, 9.17) is 0 Å². The van der Waals surface area contributed by atoms with Crippen LogP contribution >= 0.6 is 0 Å². The Morgan fingerprint density at radius 1 is 1.03 bits per heavy atom. The molecule has 2 N–H and O–H groups in total. The number of aromatic nitrogens is 6. The molecule has 0 saturated heterocycles. The van der Waals surface area contributed by atoms with Crippen LogP contribution in [0.25, 0.3) is 22.5 Å². The minimum absolute atomic E-state index is 0.275. The summed E-state index contributed by atoms with van der Waals surface area (Å²) in [4.78, 5) is 7.67. The lowest BCUT2D eigenvalue weighted by molar-refractivity contribution is -0.145. The predicted molar refractivity (Wildman–Crippen MR) is 121 cm³/mol. The first-order valence-electron chi connectivity index (χ1n) is 11.0. The molecule has 1 aliphatic carbocycles. The smallest absolute Gasteiger partial charge is 0.366 e. The molecule has 174 valence electrons. The average Bonchev–Trinajstić information content (AvgIpc) is 3.37. The second kappa shape index (κ2) is 8.85. The van der Waals surface area contributed by atoms with E-state index in [2.05, 4.69) is 35.9 Å². The zero-order chi connectivity index (χ0) is 23.7. The van der Waals surface area contributed by atoms with E-state index >= 15 is 0 Å². The van der Waals surface area contributed by atoms with Gasteiger partial charge in [0.2, 0.25) is 5.82 Å². The molecule has 0 amide bonds. The number of halogens is 3. The fraction of sp³-hybridized carbons (Fsp3) is 0.292. The number of rotatable bonds is 5. The molecule has 0 spiro atoms. The van der Waals surface area contributed by atoms with Gasteiger partial charge in [-0.2, -0.15) is 13.2 Å². The molecule has 10 heteroatoms. The van der Waals surface area contributed by atoms with Gasteiger partial charge in [0, 0.05) is 17.7 Å². The molecule has 0 saturated carbocycles. The third-order valence-electron chi connectivity index (χ3n) is 6.03. The Labute approximate surface area is 193 Å². The quantitative estimate of drug-likeness (QED) is 0.427. The van der Waals surface area contributed by atoms with Crippen molar-refractivity contribution in [3.8, 4) is 22.5 Å². The molecule has 5 rings (SSSR count). The molecule has 2 aromatic heterocycles. The maximum atomic E-state index is 13.4. The summed E-state index contributed by atoms with van der Waals surface area (Å²) in [5.41, 5.74) is 5.03. The molecule has 1 unspecified atom stereocenters. The van der Waals surface area contributed by atoms with Crippen molar-refractivity contribution in [1.29, 1.82) is 0 Å². The zero-order valence-electron chi connectivity index (χ0n) is 18.4.